The van der Waals surface area contributed by atoms with Gasteiger partial charge < -0.3 is 15.4 Å². The Bertz CT molecular complexity index is 811. The first-order chi connectivity index (χ1) is 10.1. The van der Waals surface area contributed by atoms with Crippen molar-refractivity contribution >= 4 is 16.7 Å². The van der Waals surface area contributed by atoms with Gasteiger partial charge in [-0.25, -0.2) is 9.37 Å². The fourth-order valence-corrected chi connectivity index (χ4v) is 2.47. The number of nitrogen functional groups attached to an aromatic ring is 1. The number of nitrogens with zero attached hydrogens (tertiary/aromatic N) is 2. The van der Waals surface area contributed by atoms with Crippen LogP contribution in [-0.4, -0.2) is 14.7 Å². The number of hydrogen-bond acceptors (Lipinski definition) is 3. The summed E-state index contributed by atoms with van der Waals surface area (Å²) in [7, 11) is 0. The molecule has 0 spiro atoms. The third-order valence-corrected chi connectivity index (χ3v) is 3.44. The monoisotopic (exact) mass is 285 g/mol. The summed E-state index contributed by atoms with van der Waals surface area (Å²) in [6.07, 6.45) is 0.934. The molecular weight excluding hydrogens is 269 g/mol. The predicted molar refractivity (Wildman–Crippen MR) is 81.5 cm³/mol. The molecule has 3 aromatic rings. The van der Waals surface area contributed by atoms with Gasteiger partial charge in [0.1, 0.15) is 17.4 Å². The van der Waals surface area contributed by atoms with Crippen molar-refractivity contribution in [2.24, 2.45) is 0 Å². The molecule has 0 saturated heterocycles. The van der Waals surface area contributed by atoms with Crippen LogP contribution >= 0.6 is 0 Å². The van der Waals surface area contributed by atoms with Crippen molar-refractivity contribution in [1.29, 1.82) is 0 Å². The maximum absolute atomic E-state index is 13.4. The van der Waals surface area contributed by atoms with Gasteiger partial charge >= 0.3 is 0 Å². The van der Waals surface area contributed by atoms with E-state index in [9.17, 15) is 9.50 Å². The maximum Gasteiger partial charge on any atom is 0.141 e. The minimum absolute atomic E-state index is 0.0444. The molecule has 0 saturated carbocycles. The summed E-state index contributed by atoms with van der Waals surface area (Å²) in [5, 5.41) is 9.54. The molecule has 2 aromatic carbocycles. The molecule has 0 atom stereocenters. The van der Waals surface area contributed by atoms with Gasteiger partial charge in [0.25, 0.3) is 0 Å². The highest BCUT2D eigenvalue weighted by Gasteiger charge is 2.13. The normalized spacial score (nSPS) is 11.1. The van der Waals surface area contributed by atoms with Crippen LogP contribution in [0.25, 0.3) is 22.4 Å². The molecule has 1 heterocycles. The average Bonchev–Trinajstić information content (AvgIpc) is 2.80. The number of rotatable bonds is 3. The molecule has 0 amide bonds. The van der Waals surface area contributed by atoms with Gasteiger partial charge in [-0.3, -0.25) is 0 Å². The standard InChI is InChI=1S/C16H16FN3O/c1-2-7-20-14-5-4-11(17)9-13(14)19-16(20)10-3-6-15(21)12(18)8-10/h3-6,8-9,21H,2,7,18H2,1H3. The van der Waals surface area contributed by atoms with Gasteiger partial charge in [-0.05, 0) is 36.8 Å². The van der Waals surface area contributed by atoms with Gasteiger partial charge in [0, 0.05) is 18.2 Å². The molecule has 108 valence electrons. The van der Waals surface area contributed by atoms with E-state index in [1.54, 1.807) is 24.3 Å². The van der Waals surface area contributed by atoms with E-state index in [0.717, 1.165) is 29.9 Å². The maximum atomic E-state index is 13.4. The Kier molecular flexibility index (Phi) is 3.25. The van der Waals surface area contributed by atoms with E-state index in [0.29, 0.717) is 11.2 Å². The Morgan fingerprint density at radius 2 is 2.05 bits per heavy atom. The zero-order chi connectivity index (χ0) is 15.0. The van der Waals surface area contributed by atoms with Crippen LogP contribution in [0.4, 0.5) is 10.1 Å². The highest BCUT2D eigenvalue weighted by molar-refractivity contribution is 5.81. The number of aryl methyl sites for hydroxylation is 1. The van der Waals surface area contributed by atoms with Crippen LogP contribution in [0.1, 0.15) is 13.3 Å². The Morgan fingerprint density at radius 3 is 2.76 bits per heavy atom. The minimum atomic E-state index is -0.305. The number of fused-ring (bicyclic) bond motifs is 1. The van der Waals surface area contributed by atoms with Gasteiger partial charge in [-0.1, -0.05) is 6.92 Å². The molecule has 0 fully saturated rings. The number of halogens is 1. The number of aromatic hydroxyl groups is 1. The third kappa shape index (κ3) is 2.31. The lowest BCUT2D eigenvalue weighted by atomic mass is 10.1. The average molecular weight is 285 g/mol. The molecule has 0 aliphatic heterocycles. The second-order valence-electron chi connectivity index (χ2n) is 4.99. The summed E-state index contributed by atoms with van der Waals surface area (Å²) in [5.74, 6) is 0.465. The molecule has 1 aromatic heterocycles. The fourth-order valence-electron chi connectivity index (χ4n) is 2.47. The molecule has 4 nitrogen and oxygen atoms in total. The van der Waals surface area contributed by atoms with Crippen molar-refractivity contribution in [3.8, 4) is 17.1 Å². The van der Waals surface area contributed by atoms with E-state index < -0.39 is 0 Å². The SMILES string of the molecule is CCCn1c(-c2ccc(O)c(N)c2)nc2cc(F)ccc21. The van der Waals surface area contributed by atoms with Gasteiger partial charge in [0.05, 0.1) is 16.7 Å². The Balaban J connectivity index is 2.24. The van der Waals surface area contributed by atoms with Crippen LogP contribution in [0.15, 0.2) is 36.4 Å². The number of aromatic nitrogens is 2. The van der Waals surface area contributed by atoms with Crippen LogP contribution in [0.3, 0.4) is 0 Å². The number of imidazole rings is 1. The number of phenolic OH excluding ortho intramolecular Hbond substituents is 1. The van der Waals surface area contributed by atoms with Crippen molar-refractivity contribution in [2.75, 3.05) is 5.73 Å². The van der Waals surface area contributed by atoms with Crippen molar-refractivity contribution < 1.29 is 9.50 Å². The highest BCUT2D eigenvalue weighted by atomic mass is 19.1. The molecule has 0 radical (unpaired) electrons. The lowest BCUT2D eigenvalue weighted by Crippen LogP contribution is -2.00. The summed E-state index contributed by atoms with van der Waals surface area (Å²) in [6.45, 7) is 2.85. The number of phenols is 1. The largest absolute Gasteiger partial charge is 0.506 e. The third-order valence-electron chi connectivity index (χ3n) is 3.44. The second kappa shape index (κ2) is 5.09. The zero-order valence-electron chi connectivity index (χ0n) is 11.7. The van der Waals surface area contributed by atoms with Gasteiger partial charge in [0.15, 0.2) is 0 Å². The Hall–Kier alpha value is -2.56. The van der Waals surface area contributed by atoms with Crippen LogP contribution in [0.2, 0.25) is 0 Å². The number of hydrogen-bond donors (Lipinski definition) is 2. The van der Waals surface area contributed by atoms with Gasteiger partial charge in [0.2, 0.25) is 0 Å². The molecule has 5 heteroatoms. The van der Waals surface area contributed by atoms with Crippen LogP contribution < -0.4 is 5.73 Å². The smallest absolute Gasteiger partial charge is 0.141 e. The van der Waals surface area contributed by atoms with Crippen LogP contribution in [-0.2, 0) is 6.54 Å². The summed E-state index contributed by atoms with van der Waals surface area (Å²) in [4.78, 5) is 4.52. The first-order valence-corrected chi connectivity index (χ1v) is 6.85. The lowest BCUT2D eigenvalue weighted by molar-refractivity contribution is 0.478. The van der Waals surface area contributed by atoms with E-state index in [4.69, 9.17) is 5.73 Å². The number of anilines is 1. The zero-order valence-corrected chi connectivity index (χ0v) is 11.7. The van der Waals surface area contributed by atoms with Crippen molar-refractivity contribution in [3.63, 3.8) is 0 Å². The Morgan fingerprint density at radius 1 is 1.24 bits per heavy atom. The van der Waals surface area contributed by atoms with E-state index in [-0.39, 0.29) is 11.6 Å². The van der Waals surface area contributed by atoms with Crippen LogP contribution in [0.5, 0.6) is 5.75 Å². The van der Waals surface area contributed by atoms with Crippen molar-refractivity contribution in [1.82, 2.24) is 9.55 Å². The van der Waals surface area contributed by atoms with E-state index in [1.807, 2.05) is 4.57 Å². The van der Waals surface area contributed by atoms with Gasteiger partial charge in [-0.2, -0.15) is 0 Å². The molecule has 21 heavy (non-hydrogen) atoms. The molecule has 0 unspecified atom stereocenters. The number of nitrogens with two attached hydrogens (primary N) is 1. The highest BCUT2D eigenvalue weighted by Crippen LogP contribution is 2.30. The minimum Gasteiger partial charge on any atom is -0.506 e. The summed E-state index contributed by atoms with van der Waals surface area (Å²) in [6, 6.07) is 9.58. The van der Waals surface area contributed by atoms with E-state index in [2.05, 4.69) is 11.9 Å². The molecule has 3 N–H and O–H groups in total. The lowest BCUT2D eigenvalue weighted by Gasteiger charge is -2.09. The Labute approximate surface area is 121 Å². The first-order valence-electron chi connectivity index (χ1n) is 6.85. The predicted octanol–water partition coefficient (Wildman–Crippen LogP) is 3.54. The van der Waals surface area contributed by atoms with Gasteiger partial charge in [-0.15, -0.1) is 0 Å². The fraction of sp³-hybridized carbons (Fsp3) is 0.188. The summed E-state index contributed by atoms with van der Waals surface area (Å²) >= 11 is 0. The quantitative estimate of drug-likeness (QED) is 0.571. The molecule has 0 bridgehead atoms. The van der Waals surface area contributed by atoms with Crippen LogP contribution in [0, 0.1) is 5.82 Å². The topological polar surface area (TPSA) is 64.1 Å². The number of benzene rings is 2. The molecule has 0 aliphatic rings. The summed E-state index contributed by atoms with van der Waals surface area (Å²) < 4.78 is 15.4. The summed E-state index contributed by atoms with van der Waals surface area (Å²) in [5.41, 5.74) is 8.36. The molecule has 3 rings (SSSR count). The van der Waals surface area contributed by atoms with E-state index >= 15 is 0 Å². The van der Waals surface area contributed by atoms with E-state index in [1.165, 1.54) is 12.1 Å². The van der Waals surface area contributed by atoms with Crippen molar-refractivity contribution in [3.05, 3.63) is 42.2 Å². The molecule has 0 aliphatic carbocycles. The van der Waals surface area contributed by atoms with Crippen molar-refractivity contribution in [2.45, 2.75) is 19.9 Å². The second-order valence-corrected chi connectivity index (χ2v) is 4.99. The first kappa shape index (κ1) is 13.4. The molecular formula is C16H16FN3O.